The molecule has 2 unspecified atom stereocenters. The largest absolute Gasteiger partial charge is 0.382 e. The molecule has 1 aromatic carbocycles. The number of rotatable bonds is 7. The second-order valence-corrected chi connectivity index (χ2v) is 4.82. The molecule has 1 N–H and O–H groups in total. The van der Waals surface area contributed by atoms with Crippen molar-refractivity contribution in [1.29, 1.82) is 0 Å². The fraction of sp³-hybridized carbons (Fsp3) is 0.600. The highest BCUT2D eigenvalue weighted by Crippen LogP contribution is 2.37. The summed E-state index contributed by atoms with van der Waals surface area (Å²) in [6.07, 6.45) is 2.26. The lowest BCUT2D eigenvalue weighted by Gasteiger charge is -2.19. The summed E-state index contributed by atoms with van der Waals surface area (Å²) in [5.41, 5.74) is 2.95. The van der Waals surface area contributed by atoms with Crippen LogP contribution in [0.15, 0.2) is 24.3 Å². The standard InChI is InChI=1S/C15H23NO2/c1-16-15-13(7-8-18-10-9-17-2)11-12-5-3-4-6-14(12)15/h3-6,13,15-16H,7-11H2,1-2H3. The zero-order valence-electron chi connectivity index (χ0n) is 11.3. The summed E-state index contributed by atoms with van der Waals surface area (Å²) in [4.78, 5) is 0. The van der Waals surface area contributed by atoms with Gasteiger partial charge in [-0.2, -0.15) is 0 Å². The molecule has 0 aliphatic heterocycles. The van der Waals surface area contributed by atoms with Crippen LogP contribution >= 0.6 is 0 Å². The van der Waals surface area contributed by atoms with Crippen molar-refractivity contribution in [3.8, 4) is 0 Å². The molecule has 0 radical (unpaired) electrons. The van der Waals surface area contributed by atoms with E-state index in [9.17, 15) is 0 Å². The van der Waals surface area contributed by atoms with Crippen LogP contribution in [0.3, 0.4) is 0 Å². The van der Waals surface area contributed by atoms with Gasteiger partial charge in [-0.25, -0.2) is 0 Å². The highest BCUT2D eigenvalue weighted by Gasteiger charge is 2.30. The van der Waals surface area contributed by atoms with Crippen molar-refractivity contribution in [2.75, 3.05) is 34.0 Å². The molecule has 1 aliphatic carbocycles. The van der Waals surface area contributed by atoms with Crippen molar-refractivity contribution in [3.05, 3.63) is 35.4 Å². The van der Waals surface area contributed by atoms with Gasteiger partial charge < -0.3 is 14.8 Å². The SMILES string of the molecule is CNC1c2ccccc2CC1CCOCCOC. The maximum Gasteiger partial charge on any atom is 0.0700 e. The molecule has 100 valence electrons. The fourth-order valence-electron chi connectivity index (χ4n) is 2.82. The van der Waals surface area contributed by atoms with E-state index in [1.165, 1.54) is 11.1 Å². The van der Waals surface area contributed by atoms with Gasteiger partial charge >= 0.3 is 0 Å². The van der Waals surface area contributed by atoms with E-state index < -0.39 is 0 Å². The first-order valence-corrected chi connectivity index (χ1v) is 6.68. The van der Waals surface area contributed by atoms with E-state index >= 15 is 0 Å². The number of hydrogen-bond acceptors (Lipinski definition) is 3. The Kier molecular flexibility index (Phi) is 5.17. The van der Waals surface area contributed by atoms with Crippen molar-refractivity contribution in [1.82, 2.24) is 5.32 Å². The molecule has 1 aromatic rings. The average Bonchev–Trinajstić information content (AvgIpc) is 2.76. The predicted molar refractivity (Wildman–Crippen MR) is 72.7 cm³/mol. The Hall–Kier alpha value is -0.900. The molecule has 0 amide bonds. The van der Waals surface area contributed by atoms with Crippen LogP contribution in [0.1, 0.15) is 23.6 Å². The minimum absolute atomic E-state index is 0.479. The molecular formula is C15H23NO2. The number of fused-ring (bicyclic) bond motifs is 1. The normalized spacial score (nSPS) is 22.1. The Morgan fingerprint density at radius 1 is 1.22 bits per heavy atom. The summed E-state index contributed by atoms with van der Waals surface area (Å²) in [5.74, 6) is 0.648. The van der Waals surface area contributed by atoms with Gasteiger partial charge in [-0.3, -0.25) is 0 Å². The third-order valence-electron chi connectivity index (χ3n) is 3.72. The maximum absolute atomic E-state index is 5.57. The van der Waals surface area contributed by atoms with E-state index in [2.05, 4.69) is 29.6 Å². The Morgan fingerprint density at radius 2 is 2.06 bits per heavy atom. The molecule has 1 aliphatic rings. The van der Waals surface area contributed by atoms with E-state index in [0.717, 1.165) is 19.4 Å². The van der Waals surface area contributed by atoms with Crippen molar-refractivity contribution in [3.63, 3.8) is 0 Å². The van der Waals surface area contributed by atoms with Gasteiger partial charge in [0.1, 0.15) is 0 Å². The molecule has 3 heteroatoms. The minimum atomic E-state index is 0.479. The number of benzene rings is 1. The van der Waals surface area contributed by atoms with Gasteiger partial charge in [-0.05, 0) is 36.9 Å². The van der Waals surface area contributed by atoms with E-state index in [0.29, 0.717) is 25.2 Å². The Balaban J connectivity index is 1.84. The summed E-state index contributed by atoms with van der Waals surface area (Å²) >= 11 is 0. The van der Waals surface area contributed by atoms with Crippen LogP contribution in [0.25, 0.3) is 0 Å². The summed E-state index contributed by atoms with van der Waals surface area (Å²) in [7, 11) is 3.75. The monoisotopic (exact) mass is 249 g/mol. The third kappa shape index (κ3) is 3.10. The number of ether oxygens (including phenoxy) is 2. The smallest absolute Gasteiger partial charge is 0.0700 e. The Bertz CT molecular complexity index is 367. The molecule has 2 atom stereocenters. The lowest BCUT2D eigenvalue weighted by Crippen LogP contribution is -2.22. The van der Waals surface area contributed by atoms with Gasteiger partial charge in [0.15, 0.2) is 0 Å². The van der Waals surface area contributed by atoms with Crippen molar-refractivity contribution in [2.24, 2.45) is 5.92 Å². The zero-order chi connectivity index (χ0) is 12.8. The number of hydrogen-bond donors (Lipinski definition) is 1. The molecule has 0 aromatic heterocycles. The van der Waals surface area contributed by atoms with Gasteiger partial charge in [0.25, 0.3) is 0 Å². The molecule has 0 heterocycles. The molecule has 0 saturated heterocycles. The molecule has 0 fully saturated rings. The van der Waals surface area contributed by atoms with E-state index in [-0.39, 0.29) is 0 Å². The van der Waals surface area contributed by atoms with Crippen LogP contribution in [-0.4, -0.2) is 34.0 Å². The molecular weight excluding hydrogens is 226 g/mol. The lowest BCUT2D eigenvalue weighted by molar-refractivity contribution is 0.0621. The summed E-state index contributed by atoms with van der Waals surface area (Å²) in [6, 6.07) is 9.21. The number of methoxy groups -OCH3 is 1. The van der Waals surface area contributed by atoms with Crippen LogP contribution in [-0.2, 0) is 15.9 Å². The van der Waals surface area contributed by atoms with Crippen LogP contribution in [0.2, 0.25) is 0 Å². The Labute approximate surface area is 109 Å². The van der Waals surface area contributed by atoms with Gasteiger partial charge in [0.05, 0.1) is 13.2 Å². The third-order valence-corrected chi connectivity index (χ3v) is 3.72. The molecule has 0 bridgehead atoms. The first kappa shape index (κ1) is 13.5. The molecule has 2 rings (SSSR count). The maximum atomic E-state index is 5.57. The van der Waals surface area contributed by atoms with Gasteiger partial charge in [0, 0.05) is 19.8 Å². The Morgan fingerprint density at radius 3 is 2.83 bits per heavy atom. The molecule has 3 nitrogen and oxygen atoms in total. The minimum Gasteiger partial charge on any atom is -0.382 e. The second kappa shape index (κ2) is 6.88. The highest BCUT2D eigenvalue weighted by molar-refractivity contribution is 5.35. The number of nitrogens with one attached hydrogen (secondary N) is 1. The average molecular weight is 249 g/mol. The zero-order valence-corrected chi connectivity index (χ0v) is 11.3. The molecule has 0 saturated carbocycles. The predicted octanol–water partition coefficient (Wildman–Crippen LogP) is 2.17. The van der Waals surface area contributed by atoms with Crippen LogP contribution in [0.5, 0.6) is 0 Å². The van der Waals surface area contributed by atoms with Gasteiger partial charge in [-0.1, -0.05) is 24.3 Å². The van der Waals surface area contributed by atoms with Gasteiger partial charge in [0.2, 0.25) is 0 Å². The van der Waals surface area contributed by atoms with E-state index in [4.69, 9.17) is 9.47 Å². The van der Waals surface area contributed by atoms with Crippen LogP contribution in [0, 0.1) is 5.92 Å². The van der Waals surface area contributed by atoms with Crippen LogP contribution in [0.4, 0.5) is 0 Å². The highest BCUT2D eigenvalue weighted by atomic mass is 16.5. The summed E-state index contributed by atoms with van der Waals surface area (Å²) < 4.78 is 10.5. The summed E-state index contributed by atoms with van der Waals surface area (Å²) in [5, 5.41) is 3.44. The fourth-order valence-corrected chi connectivity index (χ4v) is 2.82. The van der Waals surface area contributed by atoms with Crippen molar-refractivity contribution < 1.29 is 9.47 Å². The quantitative estimate of drug-likeness (QED) is 0.751. The molecule has 18 heavy (non-hydrogen) atoms. The molecule has 0 spiro atoms. The summed E-state index contributed by atoms with van der Waals surface area (Å²) in [6.45, 7) is 2.20. The van der Waals surface area contributed by atoms with E-state index in [1.54, 1.807) is 7.11 Å². The first-order chi connectivity index (χ1) is 8.86. The lowest BCUT2D eigenvalue weighted by atomic mass is 9.97. The van der Waals surface area contributed by atoms with E-state index in [1.807, 2.05) is 7.05 Å². The van der Waals surface area contributed by atoms with Crippen LogP contribution < -0.4 is 5.32 Å². The topological polar surface area (TPSA) is 30.5 Å². The van der Waals surface area contributed by atoms with Crippen molar-refractivity contribution in [2.45, 2.75) is 18.9 Å². The van der Waals surface area contributed by atoms with Gasteiger partial charge in [-0.15, -0.1) is 0 Å². The first-order valence-electron chi connectivity index (χ1n) is 6.68. The second-order valence-electron chi connectivity index (χ2n) is 4.82. The van der Waals surface area contributed by atoms with Crippen molar-refractivity contribution >= 4 is 0 Å².